The minimum atomic E-state index is 0.527. The van der Waals surface area contributed by atoms with Crippen LogP contribution in [0.25, 0.3) is 99.6 Å². The van der Waals surface area contributed by atoms with Gasteiger partial charge in [-0.2, -0.15) is 0 Å². The molecule has 0 saturated carbocycles. The first kappa shape index (κ1) is 33.0. The van der Waals surface area contributed by atoms with E-state index in [0.717, 1.165) is 77.9 Å². The van der Waals surface area contributed by atoms with Gasteiger partial charge in [0.25, 0.3) is 0 Å². The normalized spacial score (nSPS) is 11.7. The maximum absolute atomic E-state index is 6.06. The van der Waals surface area contributed by atoms with Crippen molar-refractivity contribution in [3.05, 3.63) is 188 Å². The molecule has 0 atom stereocenters. The van der Waals surface area contributed by atoms with Crippen molar-refractivity contribution in [1.82, 2.24) is 19.9 Å². The van der Waals surface area contributed by atoms with Gasteiger partial charge in [-0.05, 0) is 99.4 Å². The first-order chi connectivity index (χ1) is 29.2. The Hall–Kier alpha value is -8.16. The third-order valence-corrected chi connectivity index (χ3v) is 11.2. The summed E-state index contributed by atoms with van der Waals surface area (Å²) < 4.78 is 12.1. The van der Waals surface area contributed by atoms with Crippen molar-refractivity contribution in [2.24, 2.45) is 0 Å². The monoisotopic (exact) mass is 757 g/mol. The molecule has 0 unspecified atom stereocenters. The molecule has 0 amide bonds. The summed E-state index contributed by atoms with van der Waals surface area (Å²) >= 11 is 0. The van der Waals surface area contributed by atoms with E-state index in [1.165, 1.54) is 27.3 Å². The van der Waals surface area contributed by atoms with E-state index in [-0.39, 0.29) is 0 Å². The van der Waals surface area contributed by atoms with Crippen molar-refractivity contribution in [3.63, 3.8) is 0 Å². The number of hydrogen-bond donors (Lipinski definition) is 0. The summed E-state index contributed by atoms with van der Waals surface area (Å²) in [5, 5.41) is 6.71. The predicted molar refractivity (Wildman–Crippen MR) is 238 cm³/mol. The first-order valence-corrected chi connectivity index (χ1v) is 19.5. The molecule has 0 aliphatic heterocycles. The summed E-state index contributed by atoms with van der Waals surface area (Å²) in [7, 11) is 0. The quantitative estimate of drug-likeness (QED) is 0.156. The number of aromatic nitrogens is 4. The molecule has 0 N–H and O–H groups in total. The number of hydrogen-bond acceptors (Lipinski definition) is 7. The first-order valence-electron chi connectivity index (χ1n) is 19.5. The van der Waals surface area contributed by atoms with Crippen LogP contribution in [0.3, 0.4) is 0 Å². The zero-order valence-corrected chi connectivity index (χ0v) is 31.5. The van der Waals surface area contributed by atoms with Gasteiger partial charge in [0.15, 0.2) is 0 Å². The van der Waals surface area contributed by atoms with E-state index in [4.69, 9.17) is 28.8 Å². The van der Waals surface area contributed by atoms with Crippen molar-refractivity contribution >= 4 is 83.0 Å². The molecule has 0 aliphatic rings. The van der Waals surface area contributed by atoms with E-state index in [2.05, 4.69) is 132 Å². The topological polar surface area (TPSA) is 81.1 Å². The van der Waals surface area contributed by atoms with Crippen LogP contribution >= 0.6 is 0 Å². The molecular formula is C52H31N5O2. The van der Waals surface area contributed by atoms with Gasteiger partial charge >= 0.3 is 0 Å². The van der Waals surface area contributed by atoms with Gasteiger partial charge in [-0.25, -0.2) is 19.9 Å². The summed E-state index contributed by atoms with van der Waals surface area (Å²) in [5.74, 6) is 0. The Balaban J connectivity index is 0.937. The highest BCUT2D eigenvalue weighted by Crippen LogP contribution is 2.40. The molecule has 0 spiro atoms. The van der Waals surface area contributed by atoms with Gasteiger partial charge in [0, 0.05) is 39.0 Å². The molecule has 59 heavy (non-hydrogen) atoms. The molecule has 4 aromatic heterocycles. The van der Waals surface area contributed by atoms with Crippen LogP contribution in [-0.2, 0) is 0 Å². The summed E-state index contributed by atoms with van der Waals surface area (Å²) in [6, 6.07) is 61.1. The average Bonchev–Trinajstić information content (AvgIpc) is 3.87. The zero-order chi connectivity index (χ0) is 38.9. The molecule has 0 aliphatic carbocycles. The average molecular weight is 758 g/mol. The van der Waals surface area contributed by atoms with E-state index in [1.807, 2.05) is 60.9 Å². The van der Waals surface area contributed by atoms with Gasteiger partial charge in [0.1, 0.15) is 22.2 Å². The van der Waals surface area contributed by atoms with Crippen molar-refractivity contribution < 1.29 is 8.83 Å². The van der Waals surface area contributed by atoms with Gasteiger partial charge in [-0.3, -0.25) is 0 Å². The molecule has 0 saturated heterocycles. The number of nitrogens with zero attached hydrogens (tertiary/aromatic N) is 5. The van der Waals surface area contributed by atoms with E-state index < -0.39 is 0 Å². The Kier molecular flexibility index (Phi) is 7.40. The number of rotatable bonds is 6. The van der Waals surface area contributed by atoms with Crippen LogP contribution in [-0.4, -0.2) is 19.9 Å². The van der Waals surface area contributed by atoms with Gasteiger partial charge in [0.2, 0.25) is 11.4 Å². The second kappa shape index (κ2) is 13.2. The Bertz CT molecular complexity index is 3400. The highest BCUT2D eigenvalue weighted by molar-refractivity contribution is 6.10. The van der Waals surface area contributed by atoms with Crippen molar-refractivity contribution in [1.29, 1.82) is 0 Å². The number of para-hydroxylation sites is 2. The second-order valence-electron chi connectivity index (χ2n) is 14.7. The minimum Gasteiger partial charge on any atom is -0.436 e. The Morgan fingerprint density at radius 1 is 0.356 bits per heavy atom. The molecule has 12 aromatic rings. The van der Waals surface area contributed by atoms with Crippen LogP contribution in [0.15, 0.2) is 197 Å². The van der Waals surface area contributed by atoms with Crippen LogP contribution in [0.4, 0.5) is 17.1 Å². The number of anilines is 3. The zero-order valence-electron chi connectivity index (χ0n) is 31.5. The summed E-state index contributed by atoms with van der Waals surface area (Å²) in [6.45, 7) is 0. The molecule has 7 heteroatoms. The highest BCUT2D eigenvalue weighted by Gasteiger charge is 2.17. The fourth-order valence-electron chi connectivity index (χ4n) is 8.26. The third kappa shape index (κ3) is 5.59. The number of benzene rings is 8. The Labute approximate surface area is 337 Å². The smallest absolute Gasteiger partial charge is 0.246 e. The number of fused-ring (bicyclic) bond motifs is 9. The van der Waals surface area contributed by atoms with E-state index in [1.54, 1.807) is 0 Å². The lowest BCUT2D eigenvalue weighted by atomic mass is 9.97. The maximum atomic E-state index is 6.06. The largest absolute Gasteiger partial charge is 0.436 e. The SMILES string of the molecule is c1ccc(-c2ccc3c(ccc4cc(N(c5ccc(-c6cnc7c(n6)oc6ccccc67)cc5)c5ccc(-c6cnc7c(n6)oc6ccccc67)cc5)ccc43)c2)cc1. The number of furan rings is 2. The molecule has 0 bridgehead atoms. The van der Waals surface area contributed by atoms with E-state index >= 15 is 0 Å². The molecule has 276 valence electrons. The molecule has 4 heterocycles. The molecule has 0 fully saturated rings. The molecule has 12 rings (SSSR count). The van der Waals surface area contributed by atoms with E-state index in [9.17, 15) is 0 Å². The van der Waals surface area contributed by atoms with Crippen LogP contribution in [0.5, 0.6) is 0 Å². The lowest BCUT2D eigenvalue weighted by Crippen LogP contribution is -2.10. The lowest BCUT2D eigenvalue weighted by Gasteiger charge is -2.26. The van der Waals surface area contributed by atoms with Crippen molar-refractivity contribution in [3.8, 4) is 33.6 Å². The lowest BCUT2D eigenvalue weighted by molar-refractivity contribution is 0.653. The fourth-order valence-corrected chi connectivity index (χ4v) is 8.26. The molecular weight excluding hydrogens is 727 g/mol. The minimum absolute atomic E-state index is 0.527. The molecule has 8 aromatic carbocycles. The Morgan fingerprint density at radius 2 is 0.831 bits per heavy atom. The predicted octanol–water partition coefficient (Wildman–Crippen LogP) is 13.8. The van der Waals surface area contributed by atoms with Crippen molar-refractivity contribution in [2.45, 2.75) is 0 Å². The van der Waals surface area contributed by atoms with Gasteiger partial charge in [0.05, 0.1) is 23.8 Å². The van der Waals surface area contributed by atoms with Gasteiger partial charge in [-0.15, -0.1) is 0 Å². The second-order valence-corrected chi connectivity index (χ2v) is 14.7. The molecule has 0 radical (unpaired) electrons. The summed E-state index contributed by atoms with van der Waals surface area (Å²) in [6.07, 6.45) is 3.63. The van der Waals surface area contributed by atoms with Crippen LogP contribution in [0.1, 0.15) is 0 Å². The van der Waals surface area contributed by atoms with Crippen LogP contribution in [0, 0.1) is 0 Å². The summed E-state index contributed by atoms with van der Waals surface area (Å²) in [5.41, 5.74) is 13.0. The standard InChI is InChI=1S/C52H31N5O2/c1-2-8-32(9-3-1)35-20-26-41-36(28-35)14-15-37-29-40(25-27-42(37)41)57(38-21-16-33(17-22-38)45-30-53-49-43-10-4-6-12-47(43)58-51(49)55-45)39-23-18-34(19-24-39)46-31-54-50-44-11-5-7-13-48(44)59-52(50)56-46/h1-31H. The van der Waals surface area contributed by atoms with Crippen LogP contribution in [0.2, 0.25) is 0 Å². The molecule has 7 nitrogen and oxygen atoms in total. The van der Waals surface area contributed by atoms with Gasteiger partial charge < -0.3 is 13.7 Å². The fraction of sp³-hybridized carbons (Fsp3) is 0. The highest BCUT2D eigenvalue weighted by atomic mass is 16.3. The van der Waals surface area contributed by atoms with Gasteiger partial charge in [-0.1, -0.05) is 109 Å². The Morgan fingerprint density at radius 3 is 1.41 bits per heavy atom. The maximum Gasteiger partial charge on any atom is 0.246 e. The third-order valence-electron chi connectivity index (χ3n) is 11.2. The van der Waals surface area contributed by atoms with E-state index in [0.29, 0.717) is 11.4 Å². The summed E-state index contributed by atoms with van der Waals surface area (Å²) in [4.78, 5) is 21.5. The van der Waals surface area contributed by atoms with Crippen LogP contribution < -0.4 is 4.90 Å². The van der Waals surface area contributed by atoms with Crippen molar-refractivity contribution in [2.75, 3.05) is 4.90 Å².